The Labute approximate surface area is 253 Å². The molecule has 3 N–H and O–H groups in total. The van der Waals surface area contributed by atoms with Crippen LogP contribution in [-0.4, -0.2) is 51.1 Å². The van der Waals surface area contributed by atoms with E-state index in [4.69, 9.17) is 18.9 Å². The van der Waals surface area contributed by atoms with E-state index in [1.165, 1.54) is 13.3 Å². The highest BCUT2D eigenvalue weighted by molar-refractivity contribution is 14.1. The Hall–Kier alpha value is -3.59. The van der Waals surface area contributed by atoms with Gasteiger partial charge in [0.2, 0.25) is 0 Å². The summed E-state index contributed by atoms with van der Waals surface area (Å²) in [7, 11) is 1.44. The van der Waals surface area contributed by atoms with Gasteiger partial charge in [-0.15, -0.1) is 0 Å². The Morgan fingerprint density at radius 2 is 2.00 bits per heavy atom. The second-order valence-electron chi connectivity index (χ2n) is 8.20. The minimum absolute atomic E-state index is 0.187. The largest absolute Gasteiger partial charge is 0.493 e. The summed E-state index contributed by atoms with van der Waals surface area (Å²) in [5.41, 5.74) is 4.40. The molecule has 0 saturated carbocycles. The summed E-state index contributed by atoms with van der Waals surface area (Å²) >= 11 is 5.62. The lowest BCUT2D eigenvalue weighted by Crippen LogP contribution is -2.45. The molecule has 0 unspecified atom stereocenters. The van der Waals surface area contributed by atoms with Gasteiger partial charge in [0.15, 0.2) is 18.1 Å². The van der Waals surface area contributed by atoms with Gasteiger partial charge in [0.1, 0.15) is 12.4 Å². The van der Waals surface area contributed by atoms with Crippen LogP contribution in [-0.2, 0) is 14.3 Å². The van der Waals surface area contributed by atoms with Gasteiger partial charge in [-0.1, -0.05) is 18.7 Å². The molecular weight excluding hydrogens is 699 g/mol. The number of halogens is 2. The Kier molecular flexibility index (Phi) is 11.4. The molecule has 2 aromatic rings. The van der Waals surface area contributed by atoms with Crippen molar-refractivity contribution in [1.82, 2.24) is 16.1 Å². The van der Waals surface area contributed by atoms with Gasteiger partial charge in [0.25, 0.3) is 5.91 Å². The van der Waals surface area contributed by atoms with E-state index in [-0.39, 0.29) is 24.5 Å². The molecule has 1 atom stereocenters. The molecular formula is C27H28BrIN4O7. The first-order valence-corrected chi connectivity index (χ1v) is 13.9. The van der Waals surface area contributed by atoms with E-state index in [1.807, 2.05) is 12.1 Å². The number of carbonyl (C=O) groups is 3. The third-order valence-corrected chi connectivity index (χ3v) is 6.80. The van der Waals surface area contributed by atoms with Crippen LogP contribution in [0.15, 0.2) is 63.8 Å². The van der Waals surface area contributed by atoms with E-state index >= 15 is 0 Å². The number of nitrogens with one attached hydrogen (secondary N) is 3. The lowest BCUT2D eigenvalue weighted by Gasteiger charge is -2.28. The molecule has 1 heterocycles. The van der Waals surface area contributed by atoms with Crippen LogP contribution in [0.3, 0.4) is 0 Å². The molecule has 3 amide bonds. The predicted octanol–water partition coefficient (Wildman–Crippen LogP) is 4.35. The zero-order valence-electron chi connectivity index (χ0n) is 22.0. The van der Waals surface area contributed by atoms with Crippen LogP contribution >= 0.6 is 38.5 Å². The van der Waals surface area contributed by atoms with Gasteiger partial charge in [-0.2, -0.15) is 5.10 Å². The topological polar surface area (TPSA) is 137 Å². The van der Waals surface area contributed by atoms with Crippen molar-refractivity contribution in [1.29, 1.82) is 0 Å². The fourth-order valence-corrected chi connectivity index (χ4v) is 5.46. The molecule has 0 fully saturated rings. The maximum Gasteiger partial charge on any atom is 0.338 e. The molecule has 11 nitrogen and oxygen atoms in total. The Morgan fingerprint density at radius 3 is 2.67 bits per heavy atom. The fraction of sp³-hybridized carbons (Fsp3) is 0.259. The number of methoxy groups -OCH3 is 1. The van der Waals surface area contributed by atoms with Crippen molar-refractivity contribution < 1.29 is 33.3 Å². The van der Waals surface area contributed by atoms with Crippen LogP contribution in [0.1, 0.15) is 31.0 Å². The zero-order valence-corrected chi connectivity index (χ0v) is 25.8. The molecule has 0 spiro atoms. The number of ether oxygens (including phenoxy) is 4. The van der Waals surface area contributed by atoms with Crippen molar-refractivity contribution in [3.8, 4) is 17.2 Å². The summed E-state index contributed by atoms with van der Waals surface area (Å²) in [4.78, 5) is 37.0. The van der Waals surface area contributed by atoms with E-state index < -0.39 is 23.9 Å². The molecule has 40 heavy (non-hydrogen) atoms. The number of rotatable bonds is 12. The molecule has 0 radical (unpaired) electrons. The number of amides is 3. The summed E-state index contributed by atoms with van der Waals surface area (Å²) in [6.45, 7) is 7.20. The van der Waals surface area contributed by atoms with Crippen LogP contribution in [0.25, 0.3) is 0 Å². The Balaban J connectivity index is 1.66. The number of carbonyl (C=O) groups excluding carboxylic acids is 3. The van der Waals surface area contributed by atoms with Crippen LogP contribution in [0.2, 0.25) is 0 Å². The van der Waals surface area contributed by atoms with Crippen molar-refractivity contribution in [3.63, 3.8) is 0 Å². The van der Waals surface area contributed by atoms with Gasteiger partial charge >= 0.3 is 12.0 Å². The number of nitrogens with zero attached hydrogens (tertiary/aromatic N) is 1. The molecule has 0 bridgehead atoms. The van der Waals surface area contributed by atoms with E-state index in [1.54, 1.807) is 38.1 Å². The maximum absolute atomic E-state index is 12.6. The highest BCUT2D eigenvalue weighted by atomic mass is 127. The lowest BCUT2D eigenvalue weighted by atomic mass is 9.95. The van der Waals surface area contributed by atoms with Crippen molar-refractivity contribution in [2.75, 3.05) is 26.9 Å². The summed E-state index contributed by atoms with van der Waals surface area (Å²) in [6.07, 6.45) is 3.16. The number of hydrazone groups is 1. The molecule has 1 aliphatic rings. The average molecular weight is 727 g/mol. The van der Waals surface area contributed by atoms with Gasteiger partial charge < -0.3 is 29.6 Å². The normalized spacial score (nSPS) is 14.7. The average Bonchev–Trinajstić information content (AvgIpc) is 2.91. The molecule has 0 aromatic heterocycles. The monoisotopic (exact) mass is 726 g/mol. The van der Waals surface area contributed by atoms with Crippen LogP contribution in [0.4, 0.5) is 4.79 Å². The number of hydrogen-bond donors (Lipinski definition) is 3. The highest BCUT2D eigenvalue weighted by Gasteiger charge is 2.32. The van der Waals surface area contributed by atoms with E-state index in [2.05, 4.69) is 66.3 Å². The first-order chi connectivity index (χ1) is 19.2. The standard InChI is InChI=1S/C27H28BrIN4O7/c1-5-9-39-25-18(28)10-16(11-19(25)29)13-30-33-22(34)14-40-20-8-7-17(12-21(20)37-4)24-23(26(35)38-6-2)15(3)31-27(36)32-24/h5,7-8,10-13,24H,1,6,9,14H2,2-4H3,(H,33,34)(H2,31,32,36)/b30-13-/t24-/m0/s1. The Morgan fingerprint density at radius 1 is 1.23 bits per heavy atom. The first kappa shape index (κ1) is 30.9. The predicted molar refractivity (Wildman–Crippen MR) is 161 cm³/mol. The molecule has 212 valence electrons. The second-order valence-corrected chi connectivity index (χ2v) is 10.2. The number of allylic oxidation sites excluding steroid dienone is 1. The second kappa shape index (κ2) is 14.7. The third-order valence-electron chi connectivity index (χ3n) is 5.41. The van der Waals surface area contributed by atoms with Gasteiger partial charge in [-0.05, 0) is 87.8 Å². The number of benzene rings is 2. The minimum Gasteiger partial charge on any atom is -0.493 e. The summed E-state index contributed by atoms with van der Waals surface area (Å²) in [5.74, 6) is 0.253. The van der Waals surface area contributed by atoms with Crippen LogP contribution in [0.5, 0.6) is 17.2 Å². The van der Waals surface area contributed by atoms with Crippen molar-refractivity contribution in [2.45, 2.75) is 19.9 Å². The molecule has 0 saturated heterocycles. The summed E-state index contributed by atoms with van der Waals surface area (Å²) < 4.78 is 23.5. The van der Waals surface area contributed by atoms with Gasteiger partial charge in [-0.25, -0.2) is 15.0 Å². The van der Waals surface area contributed by atoms with Crippen molar-refractivity contribution in [2.24, 2.45) is 5.10 Å². The van der Waals surface area contributed by atoms with Gasteiger partial charge in [0, 0.05) is 5.70 Å². The minimum atomic E-state index is -0.765. The summed E-state index contributed by atoms with van der Waals surface area (Å²) in [5, 5.41) is 9.31. The van der Waals surface area contributed by atoms with Gasteiger partial charge in [-0.3, -0.25) is 4.79 Å². The zero-order chi connectivity index (χ0) is 29.2. The van der Waals surface area contributed by atoms with Crippen molar-refractivity contribution >= 4 is 62.6 Å². The van der Waals surface area contributed by atoms with Crippen LogP contribution < -0.4 is 30.3 Å². The third kappa shape index (κ3) is 7.97. The fourth-order valence-electron chi connectivity index (χ4n) is 3.69. The molecule has 2 aromatic carbocycles. The number of esters is 1. The molecule has 1 aliphatic heterocycles. The first-order valence-electron chi connectivity index (χ1n) is 12.0. The van der Waals surface area contributed by atoms with Gasteiger partial charge in [0.05, 0.1) is 39.6 Å². The van der Waals surface area contributed by atoms with E-state index in [0.29, 0.717) is 29.4 Å². The molecule has 0 aliphatic carbocycles. The Bertz CT molecular complexity index is 1340. The van der Waals surface area contributed by atoms with Crippen molar-refractivity contribution in [3.05, 3.63) is 73.4 Å². The summed E-state index contributed by atoms with van der Waals surface area (Å²) in [6, 6.07) is 7.33. The molecule has 3 rings (SSSR count). The number of urea groups is 1. The van der Waals surface area contributed by atoms with E-state index in [9.17, 15) is 14.4 Å². The smallest absolute Gasteiger partial charge is 0.338 e. The quantitative estimate of drug-likeness (QED) is 0.0974. The highest BCUT2D eigenvalue weighted by Crippen LogP contribution is 2.35. The lowest BCUT2D eigenvalue weighted by molar-refractivity contribution is -0.139. The van der Waals surface area contributed by atoms with Crippen LogP contribution in [0, 0.1) is 3.57 Å². The SMILES string of the molecule is C=CCOc1c(Br)cc(/C=N\NC(=O)COc2ccc([C@@H]3NC(=O)NC(C)=C3C(=O)OCC)cc2OC)cc1I. The molecule has 13 heteroatoms. The number of hydrogen-bond acceptors (Lipinski definition) is 8. The maximum atomic E-state index is 12.6. The van der Waals surface area contributed by atoms with E-state index in [0.717, 1.165) is 13.6 Å².